The van der Waals surface area contributed by atoms with Crippen LogP contribution in [0.15, 0.2) is 66.9 Å². The number of carbonyl (C=O) groups excluding carboxylic acids is 2. The molecule has 0 aromatic heterocycles. The predicted octanol–water partition coefficient (Wildman–Crippen LogP) is 2.14. The van der Waals surface area contributed by atoms with Crippen LogP contribution in [0.2, 0.25) is 0 Å². The molecule has 1 fully saturated rings. The first-order chi connectivity index (χ1) is 15.7. The molecule has 4 N–H and O–H groups in total. The highest BCUT2D eigenvalue weighted by Crippen LogP contribution is 2.29. The van der Waals surface area contributed by atoms with Crippen LogP contribution in [-0.4, -0.2) is 49.1 Å². The molecule has 1 heterocycles. The van der Waals surface area contributed by atoms with E-state index in [1.54, 1.807) is 21.0 Å². The Labute approximate surface area is 195 Å². The molecule has 7 heteroatoms. The smallest absolute Gasteiger partial charge is 0.237 e. The van der Waals surface area contributed by atoms with Gasteiger partial charge in [-0.3, -0.25) is 9.59 Å². The van der Waals surface area contributed by atoms with Crippen LogP contribution in [0.4, 0.5) is 0 Å². The van der Waals surface area contributed by atoms with Crippen LogP contribution in [0.5, 0.6) is 5.75 Å². The second kappa shape index (κ2) is 10.6. The highest BCUT2D eigenvalue weighted by atomic mass is 16.6. The fraction of sp³-hybridized carbons (Fsp3) is 0.385. The largest absolute Gasteiger partial charge is 0.497 e. The second-order valence-corrected chi connectivity index (χ2v) is 8.70. The molecule has 2 aromatic carbocycles. The van der Waals surface area contributed by atoms with E-state index < -0.39 is 23.7 Å². The van der Waals surface area contributed by atoms with Crippen LogP contribution in [0.3, 0.4) is 0 Å². The normalized spacial score (nSPS) is 19.6. The van der Waals surface area contributed by atoms with E-state index in [0.717, 1.165) is 16.9 Å². The minimum Gasteiger partial charge on any atom is -0.497 e. The number of hydrogen-bond acceptors (Lipinski definition) is 6. The third kappa shape index (κ3) is 6.66. The zero-order chi connectivity index (χ0) is 24.0. The van der Waals surface area contributed by atoms with Crippen LogP contribution in [0.1, 0.15) is 25.0 Å². The van der Waals surface area contributed by atoms with Gasteiger partial charge in [-0.15, -0.1) is 0 Å². The van der Waals surface area contributed by atoms with E-state index in [1.165, 1.54) is 0 Å². The summed E-state index contributed by atoms with van der Waals surface area (Å²) in [5.41, 5.74) is 7.54. The Balaban J connectivity index is 1.79. The van der Waals surface area contributed by atoms with Crippen molar-refractivity contribution in [2.45, 2.75) is 50.4 Å². The van der Waals surface area contributed by atoms with Gasteiger partial charge in [0.15, 0.2) is 5.78 Å². The first-order valence-corrected chi connectivity index (χ1v) is 11.1. The molecule has 7 nitrogen and oxygen atoms in total. The zero-order valence-corrected chi connectivity index (χ0v) is 19.5. The van der Waals surface area contributed by atoms with Crippen molar-refractivity contribution in [1.82, 2.24) is 10.6 Å². The van der Waals surface area contributed by atoms with Crippen molar-refractivity contribution in [3.05, 3.63) is 78.0 Å². The van der Waals surface area contributed by atoms with Crippen molar-refractivity contribution in [2.24, 2.45) is 5.73 Å². The first-order valence-electron chi connectivity index (χ1n) is 11.1. The molecule has 0 bridgehead atoms. The van der Waals surface area contributed by atoms with Gasteiger partial charge in [0.1, 0.15) is 11.4 Å². The molecule has 2 aromatic rings. The van der Waals surface area contributed by atoms with E-state index >= 15 is 0 Å². The fourth-order valence-electron chi connectivity index (χ4n) is 3.56. The number of methoxy groups -OCH3 is 1. The van der Waals surface area contributed by atoms with Crippen molar-refractivity contribution in [1.29, 1.82) is 0 Å². The van der Waals surface area contributed by atoms with Crippen molar-refractivity contribution < 1.29 is 19.1 Å². The Hall–Kier alpha value is -3.16. The summed E-state index contributed by atoms with van der Waals surface area (Å²) in [5, 5.41) is 6.25. The van der Waals surface area contributed by atoms with Gasteiger partial charge in [-0.2, -0.15) is 0 Å². The van der Waals surface area contributed by atoms with Crippen LogP contribution < -0.4 is 21.1 Å². The molecule has 4 atom stereocenters. The summed E-state index contributed by atoms with van der Waals surface area (Å²) in [5.74, 6) is 0.423. The van der Waals surface area contributed by atoms with Crippen LogP contribution in [0.25, 0.3) is 0 Å². The Morgan fingerprint density at radius 1 is 1.06 bits per heavy atom. The van der Waals surface area contributed by atoms with Gasteiger partial charge in [0.25, 0.3) is 0 Å². The predicted molar refractivity (Wildman–Crippen MR) is 128 cm³/mol. The monoisotopic (exact) mass is 451 g/mol. The molecule has 33 heavy (non-hydrogen) atoms. The van der Waals surface area contributed by atoms with Gasteiger partial charge < -0.3 is 25.8 Å². The summed E-state index contributed by atoms with van der Waals surface area (Å²) in [7, 11) is 1.61. The number of benzene rings is 2. The molecule has 0 saturated carbocycles. The molecule has 1 aliphatic rings. The first kappa shape index (κ1) is 24.5. The molecule has 0 radical (unpaired) electrons. The van der Waals surface area contributed by atoms with Gasteiger partial charge in [-0.25, -0.2) is 0 Å². The van der Waals surface area contributed by atoms with Crippen LogP contribution in [0, 0.1) is 0 Å². The van der Waals surface area contributed by atoms with Crippen molar-refractivity contribution >= 4 is 11.7 Å². The lowest BCUT2D eigenvalue weighted by atomic mass is 9.93. The van der Waals surface area contributed by atoms with Crippen molar-refractivity contribution in [2.75, 3.05) is 13.7 Å². The fourth-order valence-corrected chi connectivity index (χ4v) is 3.56. The molecule has 1 aliphatic heterocycles. The number of Topliss-reactive ketones (excluding diaryl/α,β-unsaturated/α-hetero) is 1. The number of rotatable bonds is 12. The summed E-state index contributed by atoms with van der Waals surface area (Å²) < 4.78 is 10.6. The second-order valence-electron chi connectivity index (χ2n) is 8.70. The molecule has 1 amide bonds. The van der Waals surface area contributed by atoms with Gasteiger partial charge in [0, 0.05) is 5.70 Å². The summed E-state index contributed by atoms with van der Waals surface area (Å²) in [6.45, 7) is 8.01. The molecule has 0 spiro atoms. The van der Waals surface area contributed by atoms with Gasteiger partial charge in [-0.05, 0) is 49.9 Å². The maximum Gasteiger partial charge on any atom is 0.237 e. The van der Waals surface area contributed by atoms with E-state index in [0.29, 0.717) is 25.1 Å². The number of nitrogens with two attached hydrogens (primary N) is 1. The molecule has 0 unspecified atom stereocenters. The molecule has 3 rings (SSSR count). The molecule has 1 saturated heterocycles. The van der Waals surface area contributed by atoms with E-state index in [9.17, 15) is 9.59 Å². The van der Waals surface area contributed by atoms with Gasteiger partial charge in [0.2, 0.25) is 5.91 Å². The number of ether oxygens (including phenoxy) is 2. The third-order valence-electron chi connectivity index (χ3n) is 5.81. The number of carbonyl (C=O) groups is 2. The number of nitrogens with one attached hydrogen (secondary N) is 2. The quantitative estimate of drug-likeness (QED) is 0.427. The maximum absolute atomic E-state index is 13.2. The number of amides is 1. The highest BCUT2D eigenvalue weighted by Gasteiger charge is 2.49. The van der Waals surface area contributed by atoms with Crippen LogP contribution in [-0.2, 0) is 27.2 Å². The summed E-state index contributed by atoms with van der Waals surface area (Å²) in [6.07, 6.45) is 0.961. The summed E-state index contributed by atoms with van der Waals surface area (Å²) >= 11 is 0. The maximum atomic E-state index is 13.2. The average molecular weight is 452 g/mol. The molecule has 176 valence electrons. The van der Waals surface area contributed by atoms with Gasteiger partial charge in [0.05, 0.1) is 31.8 Å². The Morgan fingerprint density at radius 2 is 1.64 bits per heavy atom. The number of epoxide rings is 1. The van der Waals surface area contributed by atoms with Gasteiger partial charge in [-0.1, -0.05) is 49.0 Å². The molecular weight excluding hydrogens is 418 g/mol. The highest BCUT2D eigenvalue weighted by molar-refractivity contribution is 5.94. The van der Waals surface area contributed by atoms with Crippen LogP contribution >= 0.6 is 0 Å². The lowest BCUT2D eigenvalue weighted by molar-refractivity contribution is -0.125. The summed E-state index contributed by atoms with van der Waals surface area (Å²) in [4.78, 5) is 25.6. The minimum atomic E-state index is -0.784. The number of hydrogen-bond donors (Lipinski definition) is 3. The lowest BCUT2D eigenvalue weighted by Gasteiger charge is -2.28. The van der Waals surface area contributed by atoms with E-state index in [2.05, 4.69) is 17.2 Å². The number of ketones is 1. The average Bonchev–Trinajstić information content (AvgIpc) is 3.57. The third-order valence-corrected chi connectivity index (χ3v) is 5.81. The van der Waals surface area contributed by atoms with E-state index in [4.69, 9.17) is 15.2 Å². The van der Waals surface area contributed by atoms with Gasteiger partial charge >= 0.3 is 0 Å². The Bertz CT molecular complexity index is 969. The SMILES string of the molecule is C=C(N[C@@H](Cc1ccccc1)C(=O)[C@@]1(C)CO1)[C@H](Cc1ccc(OC)cc1)NC(=O)[C@H](C)N. The minimum absolute atomic E-state index is 0.0331. The van der Waals surface area contributed by atoms with Crippen molar-refractivity contribution in [3.63, 3.8) is 0 Å². The lowest BCUT2D eigenvalue weighted by Crippen LogP contribution is -2.51. The standard InChI is InChI=1S/C26H33N3O4/c1-17(27)25(31)29-22(14-20-10-12-21(32-4)13-11-20)18(2)28-23(24(30)26(3)16-33-26)15-19-8-6-5-7-9-19/h5-13,17,22-23,28H,2,14-16,27H2,1,3-4H3,(H,29,31)/t17-,22-,23-,26+/m0/s1. The molecule has 0 aliphatic carbocycles. The van der Waals surface area contributed by atoms with E-state index in [1.807, 2.05) is 54.6 Å². The zero-order valence-electron chi connectivity index (χ0n) is 19.5. The Kier molecular flexibility index (Phi) is 7.89. The van der Waals surface area contributed by atoms with Crippen molar-refractivity contribution in [3.8, 4) is 5.75 Å². The Morgan fingerprint density at radius 3 is 2.18 bits per heavy atom. The van der Waals surface area contributed by atoms with E-state index in [-0.39, 0.29) is 11.7 Å². The molecular formula is C26H33N3O4. The summed E-state index contributed by atoms with van der Waals surface area (Å²) in [6, 6.07) is 15.7. The topological polar surface area (TPSA) is 106 Å².